The molecule has 1 unspecified atom stereocenters. The summed E-state index contributed by atoms with van der Waals surface area (Å²) in [7, 11) is 1.43. The number of anilines is 2. The number of carbonyl (C=O) groups is 1. The summed E-state index contributed by atoms with van der Waals surface area (Å²) in [5.41, 5.74) is 6.42. The first-order valence-electron chi connectivity index (χ1n) is 5.82. The molecule has 1 atom stereocenters. The molecule has 0 saturated heterocycles. The highest BCUT2D eigenvalue weighted by Crippen LogP contribution is 2.26. The van der Waals surface area contributed by atoms with Crippen LogP contribution < -0.4 is 15.2 Å². The summed E-state index contributed by atoms with van der Waals surface area (Å²) < 4.78 is 20.0. The molecule has 2 rings (SSSR count). The number of hydrogen-bond acceptors (Lipinski definition) is 6. The Balaban J connectivity index is 2.25. The Labute approximate surface area is 124 Å². The average molecular weight is 307 g/mol. The molecule has 0 bridgehead atoms. The van der Waals surface area contributed by atoms with Crippen LogP contribution in [0.5, 0.6) is 5.88 Å². The van der Waals surface area contributed by atoms with E-state index < -0.39 is 17.3 Å². The van der Waals surface area contributed by atoms with Crippen molar-refractivity contribution in [3.8, 4) is 5.88 Å². The van der Waals surface area contributed by atoms with Gasteiger partial charge in [0.25, 0.3) is 0 Å². The number of benzene rings is 1. The number of carboxylic acids is 1. The molecule has 2 aromatic rings. The number of pyridine rings is 1. The van der Waals surface area contributed by atoms with E-state index in [1.54, 1.807) is 6.07 Å². The van der Waals surface area contributed by atoms with Gasteiger partial charge in [0.05, 0.1) is 24.6 Å². The summed E-state index contributed by atoms with van der Waals surface area (Å²) in [5, 5.41) is 8.93. The lowest BCUT2D eigenvalue weighted by Crippen LogP contribution is -2.15. The summed E-state index contributed by atoms with van der Waals surface area (Å²) in [4.78, 5) is 15.2. The monoisotopic (exact) mass is 307 g/mol. The van der Waals surface area contributed by atoms with E-state index in [1.807, 2.05) is 0 Å². The Kier molecular flexibility index (Phi) is 4.51. The van der Waals surface area contributed by atoms with Gasteiger partial charge < -0.3 is 20.1 Å². The molecule has 0 radical (unpaired) electrons. The standard InChI is InChI=1S/C13H13N3O4S/c1-20-12-11(6-9(14)7-15-12)16-21(19)10-4-2-3-8(5-10)13(17)18/h2-7,16H,14H2,1H3,(H,17,18). The Bertz CT molecular complexity index is 666. The zero-order valence-corrected chi connectivity index (χ0v) is 11.9. The number of nitrogens with one attached hydrogen (secondary N) is 1. The SMILES string of the molecule is COc1ncc(N)cc1N[S+]([O-])c1cccc(C(=O)O)c1. The topological polar surface area (TPSA) is 121 Å². The number of nitrogens with two attached hydrogens (primary N) is 1. The quantitative estimate of drug-likeness (QED) is 0.716. The number of aromatic carboxylic acids is 1. The van der Waals surface area contributed by atoms with Gasteiger partial charge in [0, 0.05) is 6.07 Å². The van der Waals surface area contributed by atoms with Crippen molar-refractivity contribution in [3.05, 3.63) is 42.1 Å². The first-order valence-corrected chi connectivity index (χ1v) is 6.97. The summed E-state index contributed by atoms with van der Waals surface area (Å²) in [6.45, 7) is 0. The van der Waals surface area contributed by atoms with Crippen molar-refractivity contribution in [2.45, 2.75) is 4.90 Å². The smallest absolute Gasteiger partial charge is 0.335 e. The molecule has 8 heteroatoms. The lowest BCUT2D eigenvalue weighted by Gasteiger charge is -2.14. The van der Waals surface area contributed by atoms with Crippen LogP contribution in [0.2, 0.25) is 0 Å². The second kappa shape index (κ2) is 6.33. The number of aromatic nitrogens is 1. The molecule has 4 N–H and O–H groups in total. The molecule has 1 heterocycles. The van der Waals surface area contributed by atoms with Crippen LogP contribution in [-0.2, 0) is 11.4 Å². The molecule has 110 valence electrons. The van der Waals surface area contributed by atoms with E-state index in [-0.39, 0.29) is 11.4 Å². The van der Waals surface area contributed by atoms with Gasteiger partial charge in [0.15, 0.2) is 4.90 Å². The average Bonchev–Trinajstić information content (AvgIpc) is 2.47. The maximum atomic E-state index is 12.3. The third-order valence-electron chi connectivity index (χ3n) is 2.56. The van der Waals surface area contributed by atoms with E-state index in [1.165, 1.54) is 37.6 Å². The largest absolute Gasteiger partial charge is 0.588 e. The van der Waals surface area contributed by atoms with Crippen molar-refractivity contribution in [2.24, 2.45) is 0 Å². The van der Waals surface area contributed by atoms with Crippen molar-refractivity contribution in [2.75, 3.05) is 17.6 Å². The highest BCUT2D eigenvalue weighted by Gasteiger charge is 2.17. The van der Waals surface area contributed by atoms with E-state index >= 15 is 0 Å². The van der Waals surface area contributed by atoms with Gasteiger partial charge >= 0.3 is 5.97 Å². The fourth-order valence-electron chi connectivity index (χ4n) is 1.61. The third-order valence-corrected chi connectivity index (χ3v) is 3.65. The molecule has 0 aliphatic rings. The highest BCUT2D eigenvalue weighted by molar-refractivity contribution is 7.92. The van der Waals surface area contributed by atoms with Gasteiger partial charge in [-0.3, -0.25) is 0 Å². The molecule has 0 spiro atoms. The minimum atomic E-state index is -1.67. The number of rotatable bonds is 5. The van der Waals surface area contributed by atoms with Crippen molar-refractivity contribution >= 4 is 28.7 Å². The minimum absolute atomic E-state index is 0.0558. The van der Waals surface area contributed by atoms with Crippen LogP contribution in [0.25, 0.3) is 0 Å². The molecule has 1 aromatic heterocycles. The van der Waals surface area contributed by atoms with E-state index in [0.717, 1.165) is 0 Å². The summed E-state index contributed by atoms with van der Waals surface area (Å²) in [5.74, 6) is -0.844. The van der Waals surface area contributed by atoms with Gasteiger partial charge in [-0.25, -0.2) is 9.78 Å². The van der Waals surface area contributed by atoms with Crippen LogP contribution in [0.3, 0.4) is 0 Å². The molecule has 1 aromatic carbocycles. The summed E-state index contributed by atoms with van der Waals surface area (Å²) in [6, 6.07) is 7.36. The van der Waals surface area contributed by atoms with Crippen molar-refractivity contribution < 1.29 is 19.2 Å². The zero-order valence-electron chi connectivity index (χ0n) is 11.1. The Hall–Kier alpha value is -2.45. The van der Waals surface area contributed by atoms with Gasteiger partial charge in [-0.2, -0.15) is 4.72 Å². The van der Waals surface area contributed by atoms with Gasteiger partial charge in [0.1, 0.15) is 17.0 Å². The van der Waals surface area contributed by atoms with Crippen LogP contribution in [-0.4, -0.2) is 27.7 Å². The van der Waals surface area contributed by atoms with Crippen LogP contribution >= 0.6 is 0 Å². The number of hydrogen-bond donors (Lipinski definition) is 3. The van der Waals surface area contributed by atoms with Crippen LogP contribution in [0.1, 0.15) is 10.4 Å². The van der Waals surface area contributed by atoms with Crippen molar-refractivity contribution in [3.63, 3.8) is 0 Å². The molecular weight excluding hydrogens is 294 g/mol. The number of carboxylic acid groups (broad SMARTS) is 1. The first kappa shape index (κ1) is 14.9. The second-order valence-corrected chi connectivity index (χ2v) is 5.24. The predicted octanol–water partition coefficient (Wildman–Crippen LogP) is 1.51. The second-order valence-electron chi connectivity index (χ2n) is 4.03. The number of nitrogens with zero attached hydrogens (tertiary/aromatic N) is 1. The van der Waals surface area contributed by atoms with E-state index in [4.69, 9.17) is 15.6 Å². The van der Waals surface area contributed by atoms with Gasteiger partial charge in [-0.05, 0) is 18.2 Å². The molecule has 0 aliphatic heterocycles. The fourth-order valence-corrected chi connectivity index (χ4v) is 2.51. The molecule has 21 heavy (non-hydrogen) atoms. The number of nitrogen functional groups attached to an aromatic ring is 1. The van der Waals surface area contributed by atoms with Gasteiger partial charge in [-0.15, -0.1) is 0 Å². The van der Waals surface area contributed by atoms with E-state index in [0.29, 0.717) is 16.3 Å². The highest BCUT2D eigenvalue weighted by atomic mass is 32.2. The molecular formula is C13H13N3O4S. The van der Waals surface area contributed by atoms with Crippen LogP contribution in [0, 0.1) is 0 Å². The maximum absolute atomic E-state index is 12.3. The van der Waals surface area contributed by atoms with Crippen molar-refractivity contribution in [1.82, 2.24) is 4.98 Å². The van der Waals surface area contributed by atoms with E-state index in [9.17, 15) is 9.35 Å². The van der Waals surface area contributed by atoms with Crippen LogP contribution in [0.4, 0.5) is 11.4 Å². The predicted molar refractivity (Wildman–Crippen MR) is 78.6 cm³/mol. The Morgan fingerprint density at radius 1 is 1.48 bits per heavy atom. The molecule has 0 amide bonds. The first-order chi connectivity index (χ1) is 10.0. The Morgan fingerprint density at radius 2 is 2.24 bits per heavy atom. The molecule has 7 nitrogen and oxygen atoms in total. The van der Waals surface area contributed by atoms with Gasteiger partial charge in [0.2, 0.25) is 5.88 Å². The van der Waals surface area contributed by atoms with Gasteiger partial charge in [-0.1, -0.05) is 6.07 Å². The van der Waals surface area contributed by atoms with E-state index in [2.05, 4.69) is 9.71 Å². The fraction of sp³-hybridized carbons (Fsp3) is 0.0769. The third kappa shape index (κ3) is 3.56. The maximum Gasteiger partial charge on any atom is 0.335 e. The lowest BCUT2D eigenvalue weighted by molar-refractivity contribution is 0.0696. The number of methoxy groups -OCH3 is 1. The molecule has 0 saturated carbocycles. The normalized spacial score (nSPS) is 11.7. The Morgan fingerprint density at radius 3 is 2.90 bits per heavy atom. The lowest BCUT2D eigenvalue weighted by atomic mass is 10.2. The summed E-state index contributed by atoms with van der Waals surface area (Å²) >= 11 is -1.67. The zero-order chi connectivity index (χ0) is 15.4. The summed E-state index contributed by atoms with van der Waals surface area (Å²) in [6.07, 6.45) is 1.41. The molecule has 0 aliphatic carbocycles. The minimum Gasteiger partial charge on any atom is -0.588 e. The number of ether oxygens (including phenoxy) is 1. The van der Waals surface area contributed by atoms with Crippen LogP contribution in [0.15, 0.2) is 41.4 Å². The van der Waals surface area contributed by atoms with Crippen molar-refractivity contribution in [1.29, 1.82) is 0 Å². The molecule has 0 fully saturated rings.